The number of aliphatic hydroxyl groups is 4. The third-order valence-corrected chi connectivity index (χ3v) is 13.0. The summed E-state index contributed by atoms with van der Waals surface area (Å²) in [5.41, 5.74) is 0.547. The van der Waals surface area contributed by atoms with E-state index in [1.807, 2.05) is 0 Å². The Morgan fingerprint density at radius 3 is 1.85 bits per heavy atom. The van der Waals surface area contributed by atoms with Crippen molar-refractivity contribution in [3.63, 3.8) is 0 Å². The van der Waals surface area contributed by atoms with Gasteiger partial charge in [0.15, 0.2) is 24.8 Å². The Morgan fingerprint density at radius 2 is 1.27 bits per heavy atom. The normalized spacial score (nSPS) is 24.7. The Morgan fingerprint density at radius 1 is 0.709 bits per heavy atom. The Labute approximate surface area is 457 Å². The van der Waals surface area contributed by atoms with E-state index in [0.29, 0.717) is 18.8 Å². The topological polar surface area (TPSA) is 417 Å². The molecule has 30 nitrogen and oxygen atoms in total. The molecule has 3 heterocycles. The molecule has 79 heavy (non-hydrogen) atoms. The molecule has 2 saturated heterocycles. The molecule has 0 saturated carbocycles. The first kappa shape index (κ1) is 68.5. The molecule has 1 aromatic heterocycles. The Kier molecular flexibility index (Phi) is 30.4. The number of nitrogens with zero attached hydrogens (tertiary/aromatic N) is 3. The van der Waals surface area contributed by atoms with Gasteiger partial charge < -0.3 is 88.8 Å². The molecule has 2 aliphatic heterocycles. The first-order chi connectivity index (χ1) is 37.5. The zero-order valence-electron chi connectivity index (χ0n) is 45.7. The quantitative estimate of drug-likeness (QED) is 0.0162. The number of nitrogens with one attached hydrogen (secondary N) is 3. The molecule has 0 radical (unpaired) electrons. The maximum atomic E-state index is 13.9. The van der Waals surface area contributed by atoms with E-state index in [0.717, 1.165) is 0 Å². The highest BCUT2D eigenvalue weighted by molar-refractivity contribution is 7.46. The first-order valence-electron chi connectivity index (χ1n) is 26.5. The van der Waals surface area contributed by atoms with Crippen LogP contribution in [0.4, 0.5) is 0 Å². The van der Waals surface area contributed by atoms with Gasteiger partial charge in [-0.2, -0.15) is 0 Å². The number of phosphoric acid groups is 1. The standard InChI is InChI=1S/C48H81N6O24P/c1-8-28(56)20-35(59)50-41-45(76-39(63)21-29(57)9-2)43(65)33(75-47(41)70-18-16-49-34(58)15-14-27-24-54(53-52-27)17-19-69-7)26-71-48-42(51-36(60)22-30(10-3)72-37(61)12-5)46(44(32(25-55)74-48)78-79(66,67)68)77-40(64)23-31(11-4)73-38(62)13-6/h24,28-33,41-48,55-57,65H,8-23,25-26H2,1-7H3,(H,49,58)(H,50,59)(H,51,60)(H2,66,67,68)/t28-,29-,30-,31-,32?,33?,41?,42+,43-,44-,45-,46?,47+,48-/m1/s1. The molecule has 2 fully saturated rings. The SMILES string of the molecule is CCC(=O)O[C@H](CC)CC(=O)N[C@H]1C(OC(=O)C[C@@H](CC)OC(=O)CC)[C@H](OP(=O)(O)O)C(CO)O[C@H]1OCC1O[C@H](OCCNC(=O)CCc2cn(CCOC)nn2)C(NC(=O)C[C@H](O)CC)[C@@H](OC(=O)C[C@H](O)CC)[C@@H]1O. The van der Waals surface area contributed by atoms with Gasteiger partial charge in [0.2, 0.25) is 17.7 Å². The van der Waals surface area contributed by atoms with Crippen molar-refractivity contribution in [2.75, 3.05) is 40.1 Å². The van der Waals surface area contributed by atoms with Crippen LogP contribution in [0.1, 0.15) is 118 Å². The number of aliphatic hydroxyl groups excluding tert-OH is 4. The molecule has 0 aliphatic carbocycles. The number of rotatable bonds is 36. The summed E-state index contributed by atoms with van der Waals surface area (Å²) in [6, 6.07) is -3.39. The van der Waals surface area contributed by atoms with Crippen LogP contribution in [0, 0.1) is 0 Å². The Bertz CT molecular complexity index is 2120. The molecule has 0 aromatic carbocycles. The molecule has 2 aliphatic rings. The van der Waals surface area contributed by atoms with Crippen molar-refractivity contribution < 1.29 is 115 Å². The van der Waals surface area contributed by atoms with Gasteiger partial charge in [0.25, 0.3) is 0 Å². The van der Waals surface area contributed by atoms with Crippen LogP contribution in [0.15, 0.2) is 6.20 Å². The number of esters is 4. The van der Waals surface area contributed by atoms with E-state index in [4.69, 9.17) is 47.2 Å². The second kappa shape index (κ2) is 35.1. The maximum Gasteiger partial charge on any atom is 0.470 e. The third kappa shape index (κ3) is 24.0. The van der Waals surface area contributed by atoms with Crippen LogP contribution in [0.2, 0.25) is 0 Å². The van der Waals surface area contributed by atoms with Gasteiger partial charge in [-0.05, 0) is 25.7 Å². The lowest BCUT2D eigenvalue weighted by Crippen LogP contribution is -2.68. The van der Waals surface area contributed by atoms with E-state index < -0.39 is 174 Å². The fourth-order valence-electron chi connectivity index (χ4n) is 7.95. The van der Waals surface area contributed by atoms with E-state index in [-0.39, 0.29) is 64.5 Å². The summed E-state index contributed by atoms with van der Waals surface area (Å²) >= 11 is 0. The summed E-state index contributed by atoms with van der Waals surface area (Å²) in [6.07, 6.45) is -19.0. The number of amides is 3. The number of carbonyl (C=O) groups is 7. The number of hydrogen-bond acceptors (Lipinski definition) is 24. The highest BCUT2D eigenvalue weighted by Crippen LogP contribution is 2.42. The van der Waals surface area contributed by atoms with Gasteiger partial charge in [-0.3, -0.25) is 38.1 Å². The van der Waals surface area contributed by atoms with Crippen molar-refractivity contribution in [3.05, 3.63) is 11.9 Å². The Hall–Kier alpha value is -4.82. The number of ether oxygens (including phenoxy) is 9. The largest absolute Gasteiger partial charge is 0.470 e. The lowest BCUT2D eigenvalue weighted by atomic mass is 9.95. The number of aromatic nitrogens is 3. The summed E-state index contributed by atoms with van der Waals surface area (Å²) < 4.78 is 70.7. The fraction of sp³-hybridized carbons (Fsp3) is 0.812. The molecule has 14 atom stereocenters. The van der Waals surface area contributed by atoms with E-state index in [9.17, 15) is 68.3 Å². The molecule has 452 valence electrons. The minimum absolute atomic E-state index is 0.00177. The van der Waals surface area contributed by atoms with Crippen LogP contribution < -0.4 is 16.0 Å². The predicted molar refractivity (Wildman–Crippen MR) is 268 cm³/mol. The molecule has 3 amide bonds. The molecule has 0 bridgehead atoms. The van der Waals surface area contributed by atoms with E-state index >= 15 is 0 Å². The van der Waals surface area contributed by atoms with Crippen molar-refractivity contribution in [1.29, 1.82) is 0 Å². The number of hydrogen-bond donors (Lipinski definition) is 9. The number of aryl methyl sites for hydroxylation is 1. The first-order valence-corrected chi connectivity index (χ1v) is 28.0. The molecule has 31 heteroatoms. The number of phosphoric ester groups is 1. The molecule has 1 aromatic rings. The van der Waals surface area contributed by atoms with Crippen LogP contribution in [0.25, 0.3) is 0 Å². The molecular weight excluding hydrogens is 1080 g/mol. The van der Waals surface area contributed by atoms with E-state index in [1.54, 1.807) is 45.7 Å². The average molecular weight is 1160 g/mol. The van der Waals surface area contributed by atoms with Crippen LogP contribution in [-0.4, -0.2) is 213 Å². The molecule has 0 spiro atoms. The van der Waals surface area contributed by atoms with Gasteiger partial charge in [-0.15, -0.1) is 5.10 Å². The predicted octanol–water partition coefficient (Wildman–Crippen LogP) is -1.35. The van der Waals surface area contributed by atoms with Gasteiger partial charge in [-0.1, -0.05) is 46.8 Å². The van der Waals surface area contributed by atoms with Crippen molar-refractivity contribution in [3.8, 4) is 0 Å². The summed E-state index contributed by atoms with van der Waals surface area (Å²) in [4.78, 5) is 112. The maximum absolute atomic E-state index is 13.9. The lowest BCUT2D eigenvalue weighted by molar-refractivity contribution is -0.304. The monoisotopic (exact) mass is 1160 g/mol. The van der Waals surface area contributed by atoms with E-state index in [1.165, 1.54) is 13.8 Å². The van der Waals surface area contributed by atoms with Crippen LogP contribution in [0.5, 0.6) is 0 Å². The van der Waals surface area contributed by atoms with Crippen LogP contribution in [-0.2, 0) is 98.2 Å². The lowest BCUT2D eigenvalue weighted by Gasteiger charge is -2.47. The summed E-state index contributed by atoms with van der Waals surface area (Å²) in [5, 5.41) is 59.2. The molecule has 3 rings (SSSR count). The minimum Gasteiger partial charge on any atom is -0.462 e. The third-order valence-electron chi connectivity index (χ3n) is 12.5. The molecule has 4 unspecified atom stereocenters. The van der Waals surface area contributed by atoms with Crippen LogP contribution in [0.3, 0.4) is 0 Å². The van der Waals surface area contributed by atoms with Gasteiger partial charge in [0.1, 0.15) is 48.7 Å². The average Bonchev–Trinajstić information content (AvgIpc) is 3.92. The number of methoxy groups -OCH3 is 1. The zero-order valence-corrected chi connectivity index (χ0v) is 46.6. The summed E-state index contributed by atoms with van der Waals surface area (Å²) in [5.74, 6) is -5.58. The van der Waals surface area contributed by atoms with Gasteiger partial charge in [-0.25, -0.2) is 9.25 Å². The minimum atomic E-state index is -5.56. The zero-order chi connectivity index (χ0) is 58.8. The Balaban J connectivity index is 2.06. The van der Waals surface area contributed by atoms with Crippen LogP contribution >= 0.6 is 7.82 Å². The van der Waals surface area contributed by atoms with Crippen molar-refractivity contribution in [1.82, 2.24) is 30.9 Å². The smallest absolute Gasteiger partial charge is 0.462 e. The molecule has 9 N–H and O–H groups in total. The van der Waals surface area contributed by atoms with Crippen molar-refractivity contribution in [2.24, 2.45) is 0 Å². The van der Waals surface area contributed by atoms with E-state index in [2.05, 4.69) is 26.3 Å². The van der Waals surface area contributed by atoms with Crippen molar-refractivity contribution >= 4 is 49.4 Å². The summed E-state index contributed by atoms with van der Waals surface area (Å²) in [7, 11) is -4.01. The highest BCUT2D eigenvalue weighted by Gasteiger charge is 2.54. The second-order valence-corrected chi connectivity index (χ2v) is 19.8. The summed E-state index contributed by atoms with van der Waals surface area (Å²) in [6.45, 7) is 7.94. The van der Waals surface area contributed by atoms with Gasteiger partial charge in [0.05, 0.1) is 76.6 Å². The molecular formula is C48H81N6O24P. The van der Waals surface area contributed by atoms with Gasteiger partial charge in [0, 0.05) is 45.5 Å². The second-order valence-electron chi connectivity index (χ2n) is 18.6. The van der Waals surface area contributed by atoms with Crippen molar-refractivity contribution in [2.45, 2.75) is 211 Å². The highest BCUT2D eigenvalue weighted by atomic mass is 31.2. The fourth-order valence-corrected chi connectivity index (χ4v) is 8.52. The number of carbonyl (C=O) groups excluding carboxylic acids is 7. The van der Waals surface area contributed by atoms with Gasteiger partial charge >= 0.3 is 31.7 Å².